The quantitative estimate of drug-likeness (QED) is 0.703. The molecule has 0 bridgehead atoms. The van der Waals surface area contributed by atoms with Crippen molar-refractivity contribution in [2.75, 3.05) is 44.3 Å². The van der Waals surface area contributed by atoms with Gasteiger partial charge in [-0.2, -0.15) is 0 Å². The number of carbonyl (C=O) groups is 1. The number of benzene rings is 1. The predicted octanol–water partition coefficient (Wildman–Crippen LogP) is 3.95. The first-order valence-corrected chi connectivity index (χ1v) is 10.1. The molecule has 1 aromatic carbocycles. The summed E-state index contributed by atoms with van der Waals surface area (Å²) >= 11 is 0. The largest absolute Gasteiger partial charge is 0.573 e. The first-order valence-electron chi connectivity index (χ1n) is 10.1. The zero-order valence-corrected chi connectivity index (χ0v) is 17.9. The van der Waals surface area contributed by atoms with Crippen LogP contribution in [0.25, 0.3) is 0 Å². The van der Waals surface area contributed by atoms with E-state index in [9.17, 15) is 18.0 Å². The fraction of sp³-hybridized carbons (Fsp3) is 0.571. The molecule has 1 amide bonds. The standard InChI is InChI=1S/C21H28F3N3O4/c1-20(2,3)31-19(28)27-8-6-25(7-9-27)15-16-4-5-17(26-10-12-29-13-11-26)14-18(16)30-21(22,23)24/h4-6,8,14H,7,9-13,15H2,1-3H3. The van der Waals surface area contributed by atoms with Gasteiger partial charge in [0.2, 0.25) is 0 Å². The lowest BCUT2D eigenvalue weighted by Crippen LogP contribution is -2.40. The normalized spacial score (nSPS) is 17.7. The Morgan fingerprint density at radius 2 is 1.77 bits per heavy atom. The Morgan fingerprint density at radius 3 is 2.35 bits per heavy atom. The van der Waals surface area contributed by atoms with Gasteiger partial charge in [-0.15, -0.1) is 13.2 Å². The molecule has 3 rings (SSSR count). The lowest BCUT2D eigenvalue weighted by molar-refractivity contribution is -0.275. The Kier molecular flexibility index (Phi) is 6.88. The number of halogens is 3. The Hall–Kier alpha value is -2.62. The summed E-state index contributed by atoms with van der Waals surface area (Å²) < 4.78 is 54.0. The molecule has 1 aromatic rings. The van der Waals surface area contributed by atoms with Gasteiger partial charge in [-0.05, 0) is 26.8 Å². The Balaban J connectivity index is 1.71. The van der Waals surface area contributed by atoms with Crippen LogP contribution in [-0.2, 0) is 16.0 Å². The lowest BCUT2D eigenvalue weighted by Gasteiger charge is -2.32. The first-order chi connectivity index (χ1) is 14.5. The molecule has 0 atom stereocenters. The number of hydrogen-bond donors (Lipinski definition) is 0. The zero-order valence-electron chi connectivity index (χ0n) is 17.9. The van der Waals surface area contributed by atoms with E-state index in [0.717, 1.165) is 0 Å². The molecule has 0 saturated carbocycles. The van der Waals surface area contributed by atoms with Crippen molar-refractivity contribution < 1.29 is 32.2 Å². The van der Waals surface area contributed by atoms with Gasteiger partial charge in [-0.1, -0.05) is 6.07 Å². The maximum absolute atomic E-state index is 13.0. The minimum Gasteiger partial charge on any atom is -0.443 e. The highest BCUT2D eigenvalue weighted by Crippen LogP contribution is 2.32. The molecule has 0 spiro atoms. The molecular weight excluding hydrogens is 415 g/mol. The minimum atomic E-state index is -4.79. The maximum Gasteiger partial charge on any atom is 0.573 e. The van der Waals surface area contributed by atoms with E-state index in [2.05, 4.69) is 4.74 Å². The Morgan fingerprint density at radius 1 is 1.06 bits per heavy atom. The van der Waals surface area contributed by atoms with E-state index in [0.29, 0.717) is 50.6 Å². The molecule has 2 aliphatic heterocycles. The third-order valence-corrected chi connectivity index (χ3v) is 4.74. The smallest absolute Gasteiger partial charge is 0.443 e. The van der Waals surface area contributed by atoms with E-state index in [1.54, 1.807) is 45.3 Å². The van der Waals surface area contributed by atoms with Crippen molar-refractivity contribution in [1.82, 2.24) is 9.80 Å². The molecule has 10 heteroatoms. The van der Waals surface area contributed by atoms with E-state index in [1.807, 2.05) is 9.80 Å². The van der Waals surface area contributed by atoms with Crippen molar-refractivity contribution in [1.29, 1.82) is 0 Å². The second kappa shape index (κ2) is 9.25. The van der Waals surface area contributed by atoms with Crippen LogP contribution in [-0.4, -0.2) is 67.2 Å². The topological polar surface area (TPSA) is 54.5 Å². The molecular formula is C21H28F3N3O4. The molecule has 172 valence electrons. The van der Waals surface area contributed by atoms with Crippen LogP contribution in [0.1, 0.15) is 26.3 Å². The van der Waals surface area contributed by atoms with Crippen LogP contribution in [0.4, 0.5) is 23.7 Å². The number of morpholine rings is 1. The van der Waals surface area contributed by atoms with Crippen LogP contribution in [0.3, 0.4) is 0 Å². The third-order valence-electron chi connectivity index (χ3n) is 4.74. The molecule has 1 saturated heterocycles. The van der Waals surface area contributed by atoms with Crippen molar-refractivity contribution in [3.8, 4) is 5.75 Å². The predicted molar refractivity (Wildman–Crippen MR) is 109 cm³/mol. The van der Waals surface area contributed by atoms with Gasteiger partial charge in [0.25, 0.3) is 0 Å². The van der Waals surface area contributed by atoms with Gasteiger partial charge in [-0.3, -0.25) is 4.90 Å². The summed E-state index contributed by atoms with van der Waals surface area (Å²) in [6, 6.07) is 4.87. The number of amides is 1. The van der Waals surface area contributed by atoms with Gasteiger partial charge in [0.05, 0.1) is 13.2 Å². The summed E-state index contributed by atoms with van der Waals surface area (Å²) in [6.45, 7) is 8.68. The monoisotopic (exact) mass is 443 g/mol. The molecule has 0 aromatic heterocycles. The molecule has 7 nitrogen and oxygen atoms in total. The number of ether oxygens (including phenoxy) is 3. The van der Waals surface area contributed by atoms with Crippen LogP contribution < -0.4 is 9.64 Å². The third kappa shape index (κ3) is 6.95. The molecule has 31 heavy (non-hydrogen) atoms. The van der Waals surface area contributed by atoms with E-state index in [1.165, 1.54) is 11.0 Å². The van der Waals surface area contributed by atoms with Crippen LogP contribution >= 0.6 is 0 Å². The van der Waals surface area contributed by atoms with Crippen LogP contribution in [0, 0.1) is 0 Å². The van der Waals surface area contributed by atoms with E-state index >= 15 is 0 Å². The van der Waals surface area contributed by atoms with Gasteiger partial charge in [0.15, 0.2) is 0 Å². The zero-order chi connectivity index (χ0) is 22.6. The molecule has 0 aliphatic carbocycles. The second-order valence-corrected chi connectivity index (χ2v) is 8.38. The van der Waals surface area contributed by atoms with Crippen LogP contribution in [0.15, 0.2) is 30.6 Å². The number of nitrogens with zero attached hydrogens (tertiary/aromatic N) is 3. The molecule has 1 fully saturated rings. The van der Waals surface area contributed by atoms with Gasteiger partial charge < -0.3 is 24.0 Å². The van der Waals surface area contributed by atoms with Gasteiger partial charge in [0.1, 0.15) is 11.4 Å². The van der Waals surface area contributed by atoms with Gasteiger partial charge >= 0.3 is 12.5 Å². The SMILES string of the molecule is CC(C)(C)OC(=O)N1C=CN(Cc2ccc(N3CCOCC3)cc2OC(F)(F)F)CC1. The number of carbonyl (C=O) groups excluding carboxylic acids is 1. The molecule has 2 aliphatic rings. The number of hydrogen-bond acceptors (Lipinski definition) is 6. The number of rotatable bonds is 4. The van der Waals surface area contributed by atoms with Crippen LogP contribution in [0.5, 0.6) is 5.75 Å². The van der Waals surface area contributed by atoms with Crippen molar-refractivity contribution in [3.63, 3.8) is 0 Å². The molecule has 0 radical (unpaired) electrons. The first kappa shape index (κ1) is 23.1. The summed E-state index contributed by atoms with van der Waals surface area (Å²) in [7, 11) is 0. The van der Waals surface area contributed by atoms with Crippen molar-refractivity contribution >= 4 is 11.8 Å². The number of anilines is 1. The average molecular weight is 443 g/mol. The summed E-state index contributed by atoms with van der Waals surface area (Å²) in [5, 5.41) is 0. The van der Waals surface area contributed by atoms with E-state index in [4.69, 9.17) is 9.47 Å². The fourth-order valence-electron chi connectivity index (χ4n) is 3.30. The Labute approximate surface area is 179 Å². The summed E-state index contributed by atoms with van der Waals surface area (Å²) in [4.78, 5) is 17.4. The second-order valence-electron chi connectivity index (χ2n) is 8.38. The highest BCUT2D eigenvalue weighted by atomic mass is 19.4. The maximum atomic E-state index is 13.0. The highest BCUT2D eigenvalue weighted by molar-refractivity contribution is 5.69. The number of alkyl halides is 3. The summed E-state index contributed by atoms with van der Waals surface area (Å²) in [5.74, 6) is -0.223. The summed E-state index contributed by atoms with van der Waals surface area (Å²) in [5.41, 5.74) is 0.468. The fourth-order valence-corrected chi connectivity index (χ4v) is 3.30. The van der Waals surface area contributed by atoms with Gasteiger partial charge in [0, 0.05) is 62.4 Å². The lowest BCUT2D eigenvalue weighted by atomic mass is 10.1. The van der Waals surface area contributed by atoms with Gasteiger partial charge in [-0.25, -0.2) is 4.79 Å². The highest BCUT2D eigenvalue weighted by Gasteiger charge is 2.33. The summed E-state index contributed by atoms with van der Waals surface area (Å²) in [6.07, 6.45) is -2.01. The molecule has 0 unspecified atom stereocenters. The van der Waals surface area contributed by atoms with E-state index < -0.39 is 18.1 Å². The van der Waals surface area contributed by atoms with E-state index in [-0.39, 0.29) is 12.3 Å². The van der Waals surface area contributed by atoms with Crippen LogP contribution in [0.2, 0.25) is 0 Å². The molecule has 0 N–H and O–H groups in total. The van der Waals surface area contributed by atoms with Crippen molar-refractivity contribution in [3.05, 3.63) is 36.2 Å². The average Bonchev–Trinajstić information content (AvgIpc) is 2.68. The molecule has 2 heterocycles. The Bertz CT molecular complexity index is 802. The minimum absolute atomic E-state index is 0.216. The van der Waals surface area contributed by atoms with Crippen molar-refractivity contribution in [2.45, 2.75) is 39.3 Å². The van der Waals surface area contributed by atoms with Crippen molar-refractivity contribution in [2.24, 2.45) is 0 Å².